The zero-order chi connectivity index (χ0) is 30.5. The van der Waals surface area contributed by atoms with Crippen molar-refractivity contribution in [2.45, 2.75) is 80.9 Å². The minimum Gasteiger partial charge on any atom is -0.507 e. The van der Waals surface area contributed by atoms with Crippen LogP contribution in [0, 0.1) is 0 Å². The molecule has 0 bridgehead atoms. The SMILES string of the molecule is CC1O[C@@H](OCC2O[C@@H](Oc3cc(O)c4c(c3)OC(c3ccc(O)c(O)c3)CC4=O)C(O)[C@H](O)[C@@H]2O)C(O)[C@@H](O)[C@H]1O. The van der Waals surface area contributed by atoms with Crippen molar-refractivity contribution >= 4 is 5.78 Å². The van der Waals surface area contributed by atoms with Crippen molar-refractivity contribution in [1.82, 2.24) is 0 Å². The number of fused-ring (bicyclic) bond motifs is 1. The molecule has 0 aliphatic carbocycles. The van der Waals surface area contributed by atoms with Crippen molar-refractivity contribution in [2.24, 2.45) is 0 Å². The molecule has 5 unspecified atom stereocenters. The number of Topliss-reactive ketones (excluding diaryl/α,β-unsaturated/α-hetero) is 1. The molecule has 230 valence electrons. The molecule has 15 nitrogen and oxygen atoms in total. The Kier molecular flexibility index (Phi) is 8.48. The molecule has 2 aromatic rings. The second kappa shape index (κ2) is 11.8. The predicted octanol–water partition coefficient (Wildman–Crippen LogP) is -1.46. The van der Waals surface area contributed by atoms with Crippen LogP contribution in [0.3, 0.4) is 0 Å². The monoisotopic (exact) mass is 596 g/mol. The lowest BCUT2D eigenvalue weighted by atomic mass is 9.95. The first kappa shape index (κ1) is 30.2. The van der Waals surface area contributed by atoms with Gasteiger partial charge in [0, 0.05) is 12.1 Å². The number of hydrogen-bond acceptors (Lipinski definition) is 15. The van der Waals surface area contributed by atoms with Gasteiger partial charge in [-0.1, -0.05) is 6.07 Å². The van der Waals surface area contributed by atoms with Crippen LogP contribution >= 0.6 is 0 Å². The Hall–Kier alpha value is -3.25. The second-order valence-electron chi connectivity index (χ2n) is 10.4. The molecule has 0 radical (unpaired) electrons. The highest BCUT2D eigenvalue weighted by Gasteiger charge is 2.47. The van der Waals surface area contributed by atoms with Gasteiger partial charge in [-0.3, -0.25) is 4.79 Å². The number of carbonyl (C=O) groups excluding carboxylic acids is 1. The fraction of sp³-hybridized carbons (Fsp3) is 0.519. The number of ether oxygens (including phenoxy) is 5. The van der Waals surface area contributed by atoms with Crippen molar-refractivity contribution in [3.05, 3.63) is 41.5 Å². The number of ketones is 1. The summed E-state index contributed by atoms with van der Waals surface area (Å²) in [4.78, 5) is 12.8. The largest absolute Gasteiger partial charge is 0.507 e. The van der Waals surface area contributed by atoms with Gasteiger partial charge in [0.05, 0.1) is 19.1 Å². The topological polar surface area (TPSA) is 245 Å². The minimum absolute atomic E-state index is 0.0807. The lowest BCUT2D eigenvalue weighted by Gasteiger charge is -2.42. The molecule has 2 saturated heterocycles. The summed E-state index contributed by atoms with van der Waals surface area (Å²) in [5.41, 5.74) is 0.255. The Bertz CT molecular complexity index is 1300. The molecule has 42 heavy (non-hydrogen) atoms. The standard InChI is InChI=1S/C27H32O15/c1-9-20(32)22(34)24(36)26(39-9)38-8-18-21(33)23(35)25(37)27(42-18)40-11-5-14(30)19-15(31)7-16(41-17(19)6-11)10-2-3-12(28)13(29)4-10/h2-6,9,16,18,20-30,32-37H,7-8H2,1H3/t9?,16?,18?,20-,21+,22-,23+,24?,25?,26+,27+/m0/s1. The number of benzene rings is 2. The van der Waals surface area contributed by atoms with Crippen LogP contribution < -0.4 is 9.47 Å². The van der Waals surface area contributed by atoms with E-state index in [2.05, 4.69) is 0 Å². The lowest BCUT2D eigenvalue weighted by Crippen LogP contribution is -2.61. The number of rotatable bonds is 6. The first-order valence-electron chi connectivity index (χ1n) is 13.1. The summed E-state index contributed by atoms with van der Waals surface area (Å²) >= 11 is 0. The second-order valence-corrected chi connectivity index (χ2v) is 10.4. The molecule has 5 rings (SSSR count). The minimum atomic E-state index is -1.78. The zero-order valence-electron chi connectivity index (χ0n) is 22.1. The molecule has 15 heteroatoms. The Morgan fingerprint density at radius 2 is 1.48 bits per heavy atom. The third kappa shape index (κ3) is 5.70. The van der Waals surface area contributed by atoms with E-state index in [0.717, 1.165) is 6.07 Å². The van der Waals surface area contributed by atoms with Gasteiger partial charge in [0.1, 0.15) is 71.6 Å². The molecular weight excluding hydrogens is 564 g/mol. The van der Waals surface area contributed by atoms with E-state index in [1.54, 1.807) is 0 Å². The number of carbonyl (C=O) groups is 1. The smallest absolute Gasteiger partial charge is 0.229 e. The molecule has 3 aliphatic heterocycles. The van der Waals surface area contributed by atoms with Crippen LogP contribution in [0.15, 0.2) is 30.3 Å². The Morgan fingerprint density at radius 3 is 2.19 bits per heavy atom. The molecule has 2 aromatic carbocycles. The maximum Gasteiger partial charge on any atom is 0.229 e. The van der Waals surface area contributed by atoms with Crippen molar-refractivity contribution in [1.29, 1.82) is 0 Å². The highest BCUT2D eigenvalue weighted by Crippen LogP contribution is 2.43. The van der Waals surface area contributed by atoms with Crippen LogP contribution in [0.4, 0.5) is 0 Å². The maximum absolute atomic E-state index is 12.8. The Labute approximate surface area is 238 Å². The van der Waals surface area contributed by atoms with Crippen LogP contribution in [-0.4, -0.2) is 120 Å². The van der Waals surface area contributed by atoms with Crippen molar-refractivity contribution in [2.75, 3.05) is 6.61 Å². The lowest BCUT2D eigenvalue weighted by molar-refractivity contribution is -0.318. The summed E-state index contributed by atoms with van der Waals surface area (Å²) in [7, 11) is 0. The van der Waals surface area contributed by atoms with Gasteiger partial charge in [-0.25, -0.2) is 0 Å². The predicted molar refractivity (Wildman–Crippen MR) is 136 cm³/mol. The number of phenolic OH excluding ortho intramolecular Hbond substituents is 3. The Morgan fingerprint density at radius 1 is 0.786 bits per heavy atom. The average molecular weight is 597 g/mol. The number of hydrogen-bond donors (Lipinski definition) is 9. The Balaban J connectivity index is 1.30. The van der Waals surface area contributed by atoms with Crippen molar-refractivity contribution in [3.63, 3.8) is 0 Å². The van der Waals surface area contributed by atoms with Gasteiger partial charge in [-0.2, -0.15) is 0 Å². The molecule has 2 fully saturated rings. The molecule has 9 N–H and O–H groups in total. The molecule has 3 heterocycles. The third-order valence-electron chi connectivity index (χ3n) is 7.50. The fourth-order valence-corrected chi connectivity index (χ4v) is 5.04. The molecule has 0 aromatic heterocycles. The van der Waals surface area contributed by atoms with E-state index in [9.17, 15) is 50.8 Å². The highest BCUT2D eigenvalue weighted by atomic mass is 16.7. The van der Waals surface area contributed by atoms with Gasteiger partial charge in [0.2, 0.25) is 6.29 Å². The van der Waals surface area contributed by atoms with Crippen LogP contribution in [0.25, 0.3) is 0 Å². The number of aromatic hydroxyl groups is 3. The first-order valence-corrected chi connectivity index (χ1v) is 13.1. The van der Waals surface area contributed by atoms with Crippen LogP contribution in [0.1, 0.15) is 35.4 Å². The maximum atomic E-state index is 12.8. The van der Waals surface area contributed by atoms with Gasteiger partial charge in [0.25, 0.3) is 0 Å². The quantitative estimate of drug-likeness (QED) is 0.173. The van der Waals surface area contributed by atoms with E-state index in [4.69, 9.17) is 23.7 Å². The van der Waals surface area contributed by atoms with E-state index in [0.29, 0.717) is 5.56 Å². The average Bonchev–Trinajstić information content (AvgIpc) is 2.95. The molecule has 0 saturated carbocycles. The summed E-state index contributed by atoms with van der Waals surface area (Å²) in [5, 5.41) is 91.3. The van der Waals surface area contributed by atoms with Gasteiger partial charge in [-0.05, 0) is 24.6 Å². The molecular formula is C27H32O15. The summed E-state index contributed by atoms with van der Waals surface area (Å²) in [5.74, 6) is -1.96. The number of phenols is 3. The van der Waals surface area contributed by atoms with Crippen LogP contribution in [-0.2, 0) is 14.2 Å². The summed E-state index contributed by atoms with van der Waals surface area (Å²) in [6.45, 7) is 0.949. The normalized spacial score (nSPS) is 36.6. The molecule has 3 aliphatic rings. The fourth-order valence-electron chi connectivity index (χ4n) is 5.04. The van der Waals surface area contributed by atoms with Crippen LogP contribution in [0.5, 0.6) is 28.7 Å². The highest BCUT2D eigenvalue weighted by molar-refractivity contribution is 6.02. The third-order valence-corrected chi connectivity index (χ3v) is 7.50. The van der Waals surface area contributed by atoms with Gasteiger partial charge >= 0.3 is 0 Å². The van der Waals surface area contributed by atoms with E-state index >= 15 is 0 Å². The van der Waals surface area contributed by atoms with Gasteiger partial charge in [-0.15, -0.1) is 0 Å². The van der Waals surface area contributed by atoms with E-state index in [1.165, 1.54) is 31.2 Å². The van der Waals surface area contributed by atoms with E-state index in [1.807, 2.05) is 0 Å². The van der Waals surface area contributed by atoms with Gasteiger partial charge < -0.3 is 69.6 Å². The molecule has 0 spiro atoms. The van der Waals surface area contributed by atoms with Crippen LogP contribution in [0.2, 0.25) is 0 Å². The van der Waals surface area contributed by atoms with Gasteiger partial charge in [0.15, 0.2) is 23.6 Å². The molecule has 11 atom stereocenters. The number of aliphatic hydroxyl groups excluding tert-OH is 6. The van der Waals surface area contributed by atoms with E-state index in [-0.39, 0.29) is 29.2 Å². The van der Waals surface area contributed by atoms with Crippen molar-refractivity contribution in [3.8, 4) is 28.7 Å². The number of aliphatic hydroxyl groups is 6. The summed E-state index contributed by atoms with van der Waals surface area (Å²) in [6, 6.07) is 6.26. The summed E-state index contributed by atoms with van der Waals surface area (Å²) in [6.07, 6.45) is -16.1. The van der Waals surface area contributed by atoms with Crippen molar-refractivity contribution < 1.29 is 74.4 Å². The first-order chi connectivity index (χ1) is 19.8. The molecule has 0 amide bonds. The summed E-state index contributed by atoms with van der Waals surface area (Å²) < 4.78 is 27.9. The van der Waals surface area contributed by atoms with E-state index < -0.39 is 91.4 Å². The zero-order valence-corrected chi connectivity index (χ0v) is 22.1.